The summed E-state index contributed by atoms with van der Waals surface area (Å²) in [5, 5.41) is 9.17. The van der Waals surface area contributed by atoms with Gasteiger partial charge in [-0.05, 0) is 39.2 Å². The maximum Gasteiger partial charge on any atom is 0.339 e. The van der Waals surface area contributed by atoms with Crippen LogP contribution in [-0.2, 0) is 0 Å². The first kappa shape index (κ1) is 13.7. The lowest BCUT2D eigenvalue weighted by atomic mass is 10.1. The van der Waals surface area contributed by atoms with Gasteiger partial charge in [-0.25, -0.2) is 4.79 Å². The molecule has 1 aromatic rings. The lowest BCUT2D eigenvalue weighted by molar-refractivity contribution is 0.0692. The minimum atomic E-state index is -0.938. The third-order valence-electron chi connectivity index (χ3n) is 3.21. The number of carbonyl (C=O) groups is 1. The van der Waals surface area contributed by atoms with Gasteiger partial charge in [-0.3, -0.25) is 0 Å². The zero-order valence-corrected chi connectivity index (χ0v) is 11.4. The fraction of sp³-hybridized carbons (Fsp3) is 0.500. The zero-order chi connectivity index (χ0) is 13.8. The lowest BCUT2D eigenvalue weighted by Crippen LogP contribution is -2.35. The molecule has 0 spiro atoms. The van der Waals surface area contributed by atoms with E-state index in [-0.39, 0.29) is 5.56 Å². The number of anilines is 1. The van der Waals surface area contributed by atoms with E-state index in [1.165, 1.54) is 0 Å². The van der Waals surface area contributed by atoms with Crippen LogP contribution in [0.5, 0.6) is 5.75 Å². The molecule has 0 fully saturated rings. The Bertz CT molecular complexity index is 460. The first-order valence-electron chi connectivity index (χ1n) is 6.48. The van der Waals surface area contributed by atoms with E-state index in [4.69, 9.17) is 4.74 Å². The number of carboxylic acid groups (broad SMARTS) is 1. The minimum absolute atomic E-state index is 0.245. The Labute approximate surface area is 113 Å². The fourth-order valence-electron chi connectivity index (χ4n) is 2.28. The van der Waals surface area contributed by atoms with Gasteiger partial charge in [0.15, 0.2) is 5.75 Å². The van der Waals surface area contributed by atoms with E-state index in [2.05, 4.69) is 23.9 Å². The molecular weight excluding hydrogens is 244 g/mol. The van der Waals surface area contributed by atoms with Gasteiger partial charge in [0.05, 0.1) is 12.2 Å². The molecule has 0 atom stereocenters. The van der Waals surface area contributed by atoms with E-state index in [0.29, 0.717) is 12.4 Å². The average molecular weight is 264 g/mol. The Kier molecular flexibility index (Phi) is 4.27. The minimum Gasteiger partial charge on any atom is -0.489 e. The van der Waals surface area contributed by atoms with Gasteiger partial charge in [-0.1, -0.05) is 6.07 Å². The van der Waals surface area contributed by atoms with Crippen molar-refractivity contribution in [3.05, 3.63) is 23.8 Å². The second kappa shape index (κ2) is 5.93. The smallest absolute Gasteiger partial charge is 0.339 e. The largest absolute Gasteiger partial charge is 0.489 e. The molecule has 2 rings (SSSR count). The van der Waals surface area contributed by atoms with Gasteiger partial charge in [0.1, 0.15) is 12.2 Å². The number of nitrogens with zero attached hydrogens (tertiary/aromatic N) is 2. The third kappa shape index (κ3) is 3.17. The predicted molar refractivity (Wildman–Crippen MR) is 74.3 cm³/mol. The lowest BCUT2D eigenvalue weighted by Gasteiger charge is -2.32. The summed E-state index contributed by atoms with van der Waals surface area (Å²) in [6, 6.07) is 5.29. The van der Waals surface area contributed by atoms with Crippen LogP contribution in [-0.4, -0.2) is 56.3 Å². The number of carboxylic acids is 1. The zero-order valence-electron chi connectivity index (χ0n) is 11.4. The second-order valence-corrected chi connectivity index (χ2v) is 4.95. The van der Waals surface area contributed by atoms with Crippen molar-refractivity contribution in [2.45, 2.75) is 6.42 Å². The third-order valence-corrected chi connectivity index (χ3v) is 3.21. The average Bonchev–Trinajstić information content (AvgIpc) is 2.37. The topological polar surface area (TPSA) is 53.0 Å². The maximum absolute atomic E-state index is 11.2. The number of hydrogen-bond acceptors (Lipinski definition) is 4. The van der Waals surface area contributed by atoms with Crippen LogP contribution >= 0.6 is 0 Å². The molecule has 104 valence electrons. The monoisotopic (exact) mass is 264 g/mol. The van der Waals surface area contributed by atoms with Crippen molar-refractivity contribution in [2.24, 2.45) is 0 Å². The van der Waals surface area contributed by atoms with Crippen LogP contribution in [0.15, 0.2) is 18.2 Å². The van der Waals surface area contributed by atoms with Gasteiger partial charge in [0.2, 0.25) is 0 Å². The molecule has 0 radical (unpaired) electrons. The van der Waals surface area contributed by atoms with Crippen LogP contribution in [0.25, 0.3) is 0 Å². The van der Waals surface area contributed by atoms with Gasteiger partial charge < -0.3 is 19.6 Å². The number of para-hydroxylation sites is 1. The molecule has 0 saturated carbocycles. The number of ether oxygens (including phenoxy) is 1. The van der Waals surface area contributed by atoms with Gasteiger partial charge in [-0.15, -0.1) is 0 Å². The van der Waals surface area contributed by atoms with Crippen molar-refractivity contribution in [3.63, 3.8) is 0 Å². The Hall–Kier alpha value is -1.75. The normalized spacial score (nSPS) is 14.2. The molecule has 1 aliphatic rings. The molecule has 5 heteroatoms. The highest BCUT2D eigenvalue weighted by Gasteiger charge is 2.23. The summed E-state index contributed by atoms with van der Waals surface area (Å²) in [6.07, 6.45) is 1.05. The molecule has 1 aliphatic heterocycles. The Morgan fingerprint density at radius 2 is 2.26 bits per heavy atom. The molecule has 1 heterocycles. The highest BCUT2D eigenvalue weighted by molar-refractivity contribution is 5.93. The molecular formula is C14H20N2O3. The van der Waals surface area contributed by atoms with Gasteiger partial charge >= 0.3 is 5.97 Å². The summed E-state index contributed by atoms with van der Waals surface area (Å²) in [5.41, 5.74) is 1.14. The molecule has 0 aliphatic carbocycles. The van der Waals surface area contributed by atoms with Crippen molar-refractivity contribution in [2.75, 3.05) is 45.2 Å². The Morgan fingerprint density at radius 3 is 2.95 bits per heavy atom. The van der Waals surface area contributed by atoms with Crippen molar-refractivity contribution in [3.8, 4) is 5.75 Å². The molecule has 1 N–H and O–H groups in total. The number of aromatic carboxylic acids is 1. The summed E-state index contributed by atoms with van der Waals surface area (Å²) in [6.45, 7) is 3.28. The van der Waals surface area contributed by atoms with Crippen LogP contribution < -0.4 is 9.64 Å². The van der Waals surface area contributed by atoms with Crippen molar-refractivity contribution in [1.82, 2.24) is 4.90 Å². The van der Waals surface area contributed by atoms with Crippen LogP contribution in [0.2, 0.25) is 0 Å². The SMILES string of the molecule is CN(C)CCCN1CCOc2c(C(=O)O)cccc21. The molecule has 0 saturated heterocycles. The highest BCUT2D eigenvalue weighted by atomic mass is 16.5. The second-order valence-electron chi connectivity index (χ2n) is 4.95. The number of benzene rings is 1. The molecule has 19 heavy (non-hydrogen) atoms. The van der Waals surface area contributed by atoms with Crippen LogP contribution in [0, 0.1) is 0 Å². The van der Waals surface area contributed by atoms with E-state index >= 15 is 0 Å². The molecule has 0 amide bonds. The Morgan fingerprint density at radius 1 is 1.47 bits per heavy atom. The molecule has 0 bridgehead atoms. The van der Waals surface area contributed by atoms with Gasteiger partial charge in [0.25, 0.3) is 0 Å². The maximum atomic E-state index is 11.2. The predicted octanol–water partition coefficient (Wildman–Crippen LogP) is 1.54. The number of rotatable bonds is 5. The van der Waals surface area contributed by atoms with Crippen LogP contribution in [0.4, 0.5) is 5.69 Å². The Balaban J connectivity index is 2.15. The first-order chi connectivity index (χ1) is 9.09. The van der Waals surface area contributed by atoms with E-state index < -0.39 is 5.97 Å². The van der Waals surface area contributed by atoms with Crippen molar-refractivity contribution >= 4 is 11.7 Å². The first-order valence-corrected chi connectivity index (χ1v) is 6.48. The van der Waals surface area contributed by atoms with Crippen molar-refractivity contribution in [1.29, 1.82) is 0 Å². The summed E-state index contributed by atoms with van der Waals surface area (Å²) in [7, 11) is 4.10. The fourth-order valence-corrected chi connectivity index (χ4v) is 2.28. The highest BCUT2D eigenvalue weighted by Crippen LogP contribution is 2.34. The quantitative estimate of drug-likeness (QED) is 0.874. The molecule has 0 aromatic heterocycles. The standard InChI is InChI=1S/C14H20N2O3/c1-15(2)7-4-8-16-9-10-19-13-11(14(17)18)5-3-6-12(13)16/h3,5-6H,4,7-10H2,1-2H3,(H,17,18). The van der Waals surface area contributed by atoms with Crippen LogP contribution in [0.3, 0.4) is 0 Å². The van der Waals surface area contributed by atoms with E-state index in [1.54, 1.807) is 12.1 Å². The summed E-state index contributed by atoms with van der Waals surface area (Å²) < 4.78 is 5.54. The van der Waals surface area contributed by atoms with E-state index in [1.807, 2.05) is 6.07 Å². The van der Waals surface area contributed by atoms with Crippen molar-refractivity contribution < 1.29 is 14.6 Å². The summed E-state index contributed by atoms with van der Waals surface area (Å²) in [4.78, 5) is 15.5. The molecule has 0 unspecified atom stereocenters. The van der Waals surface area contributed by atoms with E-state index in [9.17, 15) is 9.90 Å². The molecule has 5 nitrogen and oxygen atoms in total. The molecule has 1 aromatic carbocycles. The number of fused-ring (bicyclic) bond motifs is 1. The summed E-state index contributed by atoms with van der Waals surface area (Å²) >= 11 is 0. The van der Waals surface area contributed by atoms with Crippen LogP contribution in [0.1, 0.15) is 16.8 Å². The number of hydrogen-bond donors (Lipinski definition) is 1. The van der Waals surface area contributed by atoms with Gasteiger partial charge in [-0.2, -0.15) is 0 Å². The van der Waals surface area contributed by atoms with E-state index in [0.717, 1.165) is 31.7 Å². The summed E-state index contributed by atoms with van der Waals surface area (Å²) in [5.74, 6) is -0.432. The van der Waals surface area contributed by atoms with Gasteiger partial charge in [0, 0.05) is 6.54 Å².